The van der Waals surface area contributed by atoms with E-state index < -0.39 is 24.0 Å². The summed E-state index contributed by atoms with van der Waals surface area (Å²) in [6.07, 6.45) is -0.502. The van der Waals surface area contributed by atoms with E-state index in [1.165, 1.54) is 0 Å². The second-order valence-corrected chi connectivity index (χ2v) is 2.01. The van der Waals surface area contributed by atoms with Gasteiger partial charge < -0.3 is 21.1 Å². The van der Waals surface area contributed by atoms with Crippen LogP contribution in [0.25, 0.3) is 0 Å². The van der Waals surface area contributed by atoms with Gasteiger partial charge in [0.2, 0.25) is 0 Å². The number of carboxylic acids is 2. The molecule has 0 aliphatic heterocycles. The van der Waals surface area contributed by atoms with Crippen molar-refractivity contribution in [1.29, 1.82) is 0 Å². The molecule has 0 atom stereocenters. The minimum Gasteiger partial charge on any atom is -0.479 e. The van der Waals surface area contributed by atoms with Gasteiger partial charge >= 0.3 is 11.9 Å². The van der Waals surface area contributed by atoms with Gasteiger partial charge in [0, 0.05) is 6.42 Å². The predicted molar refractivity (Wildman–Crippen MR) is 33.9 cm³/mol. The second-order valence-electron chi connectivity index (χ2n) is 2.01. The van der Waals surface area contributed by atoms with E-state index >= 15 is 0 Å². The molecule has 11 heavy (non-hydrogen) atoms. The average Bonchev–Trinajstić information content (AvgIpc) is 1.87. The Hall–Kier alpha value is -1.14. The Bertz CT molecular complexity index is 164. The lowest BCUT2D eigenvalue weighted by Crippen LogP contribution is -2.47. The molecule has 0 rings (SSSR count). The molecular formula is C5H9NO5. The van der Waals surface area contributed by atoms with Crippen molar-refractivity contribution in [3.63, 3.8) is 0 Å². The Kier molecular flexibility index (Phi) is 2.97. The number of carbonyl (C=O) groups is 2. The molecule has 0 aromatic rings. The van der Waals surface area contributed by atoms with Crippen molar-refractivity contribution in [2.24, 2.45) is 5.73 Å². The maximum atomic E-state index is 10.2. The number of nitrogens with two attached hydrogens (primary N) is 1. The number of rotatable bonds is 4. The largest absolute Gasteiger partial charge is 0.479 e. The lowest BCUT2D eigenvalue weighted by atomic mass is 10.0. The fraction of sp³-hybridized carbons (Fsp3) is 0.600. The summed E-state index contributed by atoms with van der Waals surface area (Å²) < 4.78 is 0. The minimum absolute atomic E-state index is 0.199. The highest BCUT2D eigenvalue weighted by molar-refractivity contribution is 6.01. The molecule has 0 spiro atoms. The van der Waals surface area contributed by atoms with Gasteiger partial charge in [0.15, 0.2) is 0 Å². The van der Waals surface area contributed by atoms with E-state index in [1.807, 2.05) is 0 Å². The van der Waals surface area contributed by atoms with Crippen molar-refractivity contribution in [2.45, 2.75) is 12.0 Å². The summed E-state index contributed by atoms with van der Waals surface area (Å²) in [5.74, 6) is -3.59. The van der Waals surface area contributed by atoms with Crippen LogP contribution in [0.2, 0.25) is 0 Å². The topological polar surface area (TPSA) is 121 Å². The third-order valence-corrected chi connectivity index (χ3v) is 1.21. The Labute approximate surface area is 62.2 Å². The first-order chi connectivity index (χ1) is 4.95. The van der Waals surface area contributed by atoms with Gasteiger partial charge in [-0.05, 0) is 6.54 Å². The molecule has 0 aliphatic carbocycles. The van der Waals surface area contributed by atoms with Crippen molar-refractivity contribution in [3.05, 3.63) is 0 Å². The summed E-state index contributed by atoms with van der Waals surface area (Å²) in [5.41, 5.74) is 2.16. The van der Waals surface area contributed by atoms with Crippen molar-refractivity contribution in [3.8, 4) is 0 Å². The SMILES string of the molecule is NCCC(O)(C(=O)O)C(=O)O. The van der Waals surface area contributed by atoms with E-state index in [-0.39, 0.29) is 6.54 Å². The van der Waals surface area contributed by atoms with Crippen LogP contribution in [-0.2, 0) is 9.59 Å². The van der Waals surface area contributed by atoms with Crippen molar-refractivity contribution in [2.75, 3.05) is 6.54 Å². The fourth-order valence-corrected chi connectivity index (χ4v) is 0.514. The molecule has 0 bridgehead atoms. The number of aliphatic hydroxyl groups is 1. The molecule has 0 amide bonds. The number of hydrogen-bond donors (Lipinski definition) is 4. The fourth-order valence-electron chi connectivity index (χ4n) is 0.514. The second kappa shape index (κ2) is 3.31. The van der Waals surface area contributed by atoms with Crippen LogP contribution in [0.4, 0.5) is 0 Å². The van der Waals surface area contributed by atoms with E-state index in [0.717, 1.165) is 0 Å². The van der Waals surface area contributed by atoms with Crippen LogP contribution in [-0.4, -0.2) is 39.4 Å². The van der Waals surface area contributed by atoms with Gasteiger partial charge in [0.25, 0.3) is 5.60 Å². The van der Waals surface area contributed by atoms with E-state index in [4.69, 9.17) is 21.1 Å². The smallest absolute Gasteiger partial charge is 0.347 e. The summed E-state index contributed by atoms with van der Waals surface area (Å²) in [5, 5.41) is 25.4. The van der Waals surface area contributed by atoms with Gasteiger partial charge in [-0.25, -0.2) is 9.59 Å². The van der Waals surface area contributed by atoms with Gasteiger partial charge in [-0.2, -0.15) is 0 Å². The third-order valence-electron chi connectivity index (χ3n) is 1.21. The molecule has 0 fully saturated rings. The van der Waals surface area contributed by atoms with Crippen LogP contribution in [0, 0.1) is 0 Å². The van der Waals surface area contributed by atoms with E-state index in [2.05, 4.69) is 0 Å². The first-order valence-corrected chi connectivity index (χ1v) is 2.84. The molecule has 0 heterocycles. The van der Waals surface area contributed by atoms with Crippen LogP contribution >= 0.6 is 0 Å². The third kappa shape index (κ3) is 1.89. The predicted octanol–water partition coefficient (Wildman–Crippen LogP) is -1.76. The Balaban J connectivity index is 4.52. The molecule has 0 unspecified atom stereocenters. The molecule has 64 valence electrons. The average molecular weight is 163 g/mol. The summed E-state index contributed by atoms with van der Waals surface area (Å²) >= 11 is 0. The summed E-state index contributed by atoms with van der Waals surface area (Å²) in [6, 6.07) is 0. The number of aliphatic carboxylic acids is 2. The Morgan fingerprint density at radius 3 is 1.73 bits per heavy atom. The molecule has 6 nitrogen and oxygen atoms in total. The highest BCUT2D eigenvalue weighted by Gasteiger charge is 2.43. The van der Waals surface area contributed by atoms with Crippen molar-refractivity contribution < 1.29 is 24.9 Å². The molecule has 0 aliphatic rings. The lowest BCUT2D eigenvalue weighted by molar-refractivity contribution is -0.176. The van der Waals surface area contributed by atoms with Crippen molar-refractivity contribution >= 4 is 11.9 Å². The lowest BCUT2D eigenvalue weighted by Gasteiger charge is -2.16. The monoisotopic (exact) mass is 163 g/mol. The maximum Gasteiger partial charge on any atom is 0.347 e. The Morgan fingerprint density at radius 1 is 1.27 bits per heavy atom. The van der Waals surface area contributed by atoms with Gasteiger partial charge in [0.05, 0.1) is 0 Å². The van der Waals surface area contributed by atoms with Crippen LogP contribution in [0.5, 0.6) is 0 Å². The van der Waals surface area contributed by atoms with Gasteiger partial charge in [-0.3, -0.25) is 0 Å². The minimum atomic E-state index is -2.74. The molecular weight excluding hydrogens is 154 g/mol. The first kappa shape index (κ1) is 9.86. The first-order valence-electron chi connectivity index (χ1n) is 2.84. The van der Waals surface area contributed by atoms with Crippen LogP contribution in [0.3, 0.4) is 0 Å². The van der Waals surface area contributed by atoms with Crippen LogP contribution in [0.15, 0.2) is 0 Å². The van der Waals surface area contributed by atoms with E-state index in [9.17, 15) is 9.59 Å². The summed E-state index contributed by atoms with van der Waals surface area (Å²) in [4.78, 5) is 20.3. The zero-order chi connectivity index (χ0) is 9.07. The van der Waals surface area contributed by atoms with Gasteiger partial charge in [-0.1, -0.05) is 0 Å². The summed E-state index contributed by atoms with van der Waals surface area (Å²) in [6.45, 7) is -0.199. The normalized spacial score (nSPS) is 11.1. The maximum absolute atomic E-state index is 10.2. The molecule has 0 radical (unpaired) electrons. The zero-order valence-electron chi connectivity index (χ0n) is 5.65. The van der Waals surface area contributed by atoms with Gasteiger partial charge in [0.1, 0.15) is 0 Å². The molecule has 5 N–H and O–H groups in total. The summed E-state index contributed by atoms with van der Waals surface area (Å²) in [7, 11) is 0. The van der Waals surface area contributed by atoms with Crippen LogP contribution in [0.1, 0.15) is 6.42 Å². The number of hydrogen-bond acceptors (Lipinski definition) is 4. The van der Waals surface area contributed by atoms with E-state index in [0.29, 0.717) is 0 Å². The highest BCUT2D eigenvalue weighted by Crippen LogP contribution is 2.09. The highest BCUT2D eigenvalue weighted by atomic mass is 16.4. The zero-order valence-corrected chi connectivity index (χ0v) is 5.65. The molecule has 0 aromatic heterocycles. The van der Waals surface area contributed by atoms with Gasteiger partial charge in [-0.15, -0.1) is 0 Å². The van der Waals surface area contributed by atoms with Crippen LogP contribution < -0.4 is 5.73 Å². The quantitative estimate of drug-likeness (QED) is 0.364. The van der Waals surface area contributed by atoms with Crippen molar-refractivity contribution in [1.82, 2.24) is 0 Å². The molecule has 0 saturated heterocycles. The molecule has 0 saturated carbocycles. The molecule has 0 aromatic carbocycles. The Morgan fingerprint density at radius 2 is 1.64 bits per heavy atom. The standard InChI is InChI=1S/C5H9NO5/c6-2-1-5(11,3(7)8)4(9)10/h11H,1-2,6H2,(H,7,8)(H,9,10). The van der Waals surface area contributed by atoms with E-state index in [1.54, 1.807) is 0 Å². The number of carboxylic acid groups (broad SMARTS) is 2. The molecule has 6 heteroatoms.